The van der Waals surface area contributed by atoms with Gasteiger partial charge in [-0.25, -0.2) is 0 Å². The lowest BCUT2D eigenvalue weighted by Crippen LogP contribution is -2.29. The molecule has 0 unspecified atom stereocenters. The second-order valence-electron chi connectivity index (χ2n) is 4.32. The molecular formula is C12H17ClN2. The lowest BCUT2D eigenvalue weighted by atomic mass is 9.85. The number of pyridine rings is 1. The highest BCUT2D eigenvalue weighted by molar-refractivity contribution is 6.17. The van der Waals surface area contributed by atoms with E-state index in [1.807, 2.05) is 12.3 Å². The minimum atomic E-state index is 0.562. The molecule has 1 aliphatic carbocycles. The van der Waals surface area contributed by atoms with Gasteiger partial charge >= 0.3 is 0 Å². The van der Waals surface area contributed by atoms with Crippen molar-refractivity contribution in [3.8, 4) is 0 Å². The zero-order valence-electron chi connectivity index (χ0n) is 9.12. The summed E-state index contributed by atoms with van der Waals surface area (Å²) in [5.41, 5.74) is 2.35. The molecule has 2 nitrogen and oxygen atoms in total. The van der Waals surface area contributed by atoms with Gasteiger partial charge in [-0.2, -0.15) is 0 Å². The zero-order chi connectivity index (χ0) is 10.7. The summed E-state index contributed by atoms with van der Waals surface area (Å²) in [5, 5.41) is 0. The highest BCUT2D eigenvalue weighted by atomic mass is 35.5. The van der Waals surface area contributed by atoms with E-state index in [1.165, 1.54) is 30.5 Å². The van der Waals surface area contributed by atoms with Gasteiger partial charge in [0.1, 0.15) is 0 Å². The maximum Gasteiger partial charge on any atom is 0.0595 e. The second-order valence-corrected chi connectivity index (χ2v) is 4.58. The van der Waals surface area contributed by atoms with Crippen molar-refractivity contribution in [2.45, 2.75) is 25.1 Å². The number of hydrogen-bond acceptors (Lipinski definition) is 2. The average Bonchev–Trinajstić information content (AvgIpc) is 2.23. The Morgan fingerprint density at radius 2 is 2.33 bits per heavy atom. The Morgan fingerprint density at radius 3 is 2.93 bits per heavy atom. The molecule has 0 aromatic carbocycles. The van der Waals surface area contributed by atoms with Crippen molar-refractivity contribution in [1.29, 1.82) is 0 Å². The smallest absolute Gasteiger partial charge is 0.0595 e. The van der Waals surface area contributed by atoms with E-state index in [0.29, 0.717) is 5.88 Å². The van der Waals surface area contributed by atoms with Gasteiger partial charge in [0.25, 0.3) is 0 Å². The van der Waals surface area contributed by atoms with Crippen LogP contribution in [0.1, 0.15) is 24.8 Å². The van der Waals surface area contributed by atoms with Crippen LogP contribution in [0, 0.1) is 5.92 Å². The van der Waals surface area contributed by atoms with Crippen LogP contribution in [0.5, 0.6) is 0 Å². The molecule has 1 heterocycles. The molecule has 0 bridgehead atoms. The Bertz CT molecular complexity index is 323. The second kappa shape index (κ2) is 4.84. The van der Waals surface area contributed by atoms with E-state index < -0.39 is 0 Å². The van der Waals surface area contributed by atoms with Gasteiger partial charge < -0.3 is 4.90 Å². The van der Waals surface area contributed by atoms with Crippen LogP contribution in [0.25, 0.3) is 0 Å². The molecule has 0 radical (unpaired) electrons. The van der Waals surface area contributed by atoms with Crippen molar-refractivity contribution in [3.05, 3.63) is 24.0 Å². The summed E-state index contributed by atoms with van der Waals surface area (Å²) >= 11 is 5.91. The predicted octanol–water partition coefficient (Wildman–Crippen LogP) is 3.06. The van der Waals surface area contributed by atoms with Crippen molar-refractivity contribution in [3.63, 3.8) is 0 Å². The summed E-state index contributed by atoms with van der Waals surface area (Å²) in [5.74, 6) is 1.44. The first-order valence-electron chi connectivity index (χ1n) is 5.51. The van der Waals surface area contributed by atoms with E-state index in [9.17, 15) is 0 Å². The Balaban J connectivity index is 2.05. The molecule has 0 saturated heterocycles. The van der Waals surface area contributed by atoms with Crippen LogP contribution in [0.4, 0.5) is 5.69 Å². The van der Waals surface area contributed by atoms with Crippen molar-refractivity contribution < 1.29 is 0 Å². The number of halogens is 1. The Kier molecular flexibility index (Phi) is 3.47. The van der Waals surface area contributed by atoms with Gasteiger partial charge in [-0.3, -0.25) is 4.98 Å². The number of hydrogen-bond donors (Lipinski definition) is 0. The van der Waals surface area contributed by atoms with Crippen molar-refractivity contribution in [1.82, 2.24) is 4.98 Å². The molecule has 1 aromatic rings. The lowest BCUT2D eigenvalue weighted by molar-refractivity contribution is 0.321. The minimum absolute atomic E-state index is 0.562. The largest absolute Gasteiger partial charge is 0.373 e. The van der Waals surface area contributed by atoms with Crippen LogP contribution in [-0.4, -0.2) is 18.6 Å². The van der Waals surface area contributed by atoms with Crippen LogP contribution in [0.3, 0.4) is 0 Å². The van der Waals surface area contributed by atoms with E-state index >= 15 is 0 Å². The summed E-state index contributed by atoms with van der Waals surface area (Å²) in [7, 11) is 2.13. The van der Waals surface area contributed by atoms with Crippen LogP contribution in [0.2, 0.25) is 0 Å². The molecule has 1 aliphatic rings. The molecule has 0 aliphatic heterocycles. The van der Waals surface area contributed by atoms with Crippen molar-refractivity contribution >= 4 is 17.3 Å². The fourth-order valence-electron chi connectivity index (χ4n) is 2.03. The zero-order valence-corrected chi connectivity index (χ0v) is 9.87. The molecule has 1 fully saturated rings. The van der Waals surface area contributed by atoms with E-state index in [2.05, 4.69) is 16.9 Å². The molecule has 0 atom stereocenters. The molecule has 1 aromatic heterocycles. The fraction of sp³-hybridized carbons (Fsp3) is 0.583. The van der Waals surface area contributed by atoms with E-state index in [4.69, 9.17) is 11.6 Å². The number of aromatic nitrogens is 1. The molecule has 0 spiro atoms. The van der Waals surface area contributed by atoms with E-state index in [0.717, 1.165) is 12.5 Å². The highest BCUT2D eigenvalue weighted by Gasteiger charge is 2.20. The first kappa shape index (κ1) is 10.7. The Hall–Kier alpha value is -0.760. The summed E-state index contributed by atoms with van der Waals surface area (Å²) < 4.78 is 0. The quantitative estimate of drug-likeness (QED) is 0.731. The SMILES string of the molecule is CN(CC1CCC1)c1cnccc1CCl. The molecule has 0 N–H and O–H groups in total. The lowest BCUT2D eigenvalue weighted by Gasteiger charge is -2.31. The highest BCUT2D eigenvalue weighted by Crippen LogP contribution is 2.29. The molecule has 15 heavy (non-hydrogen) atoms. The average molecular weight is 225 g/mol. The fourth-order valence-corrected chi connectivity index (χ4v) is 2.26. The van der Waals surface area contributed by atoms with Crippen LogP contribution >= 0.6 is 11.6 Å². The molecule has 3 heteroatoms. The van der Waals surface area contributed by atoms with Gasteiger partial charge in [0.2, 0.25) is 0 Å². The first-order chi connectivity index (χ1) is 7.31. The minimum Gasteiger partial charge on any atom is -0.373 e. The summed E-state index contributed by atoms with van der Waals surface area (Å²) in [6, 6.07) is 2.00. The maximum atomic E-state index is 5.91. The number of nitrogens with zero attached hydrogens (tertiary/aromatic N) is 2. The number of rotatable bonds is 4. The molecular weight excluding hydrogens is 208 g/mol. The van der Waals surface area contributed by atoms with Crippen molar-refractivity contribution in [2.24, 2.45) is 5.92 Å². The van der Waals surface area contributed by atoms with Crippen molar-refractivity contribution in [2.75, 3.05) is 18.5 Å². The summed E-state index contributed by atoms with van der Waals surface area (Å²) in [6.45, 7) is 1.13. The third kappa shape index (κ3) is 2.43. The number of alkyl halides is 1. The van der Waals surface area contributed by atoms with Gasteiger partial charge in [-0.05, 0) is 30.4 Å². The van der Waals surface area contributed by atoms with E-state index in [1.54, 1.807) is 6.20 Å². The van der Waals surface area contributed by atoms with Gasteiger partial charge in [-0.1, -0.05) is 6.42 Å². The van der Waals surface area contributed by atoms with Crippen LogP contribution < -0.4 is 4.90 Å². The standard InChI is InChI=1S/C12H17ClN2/c1-15(9-10-3-2-4-10)12-8-14-6-5-11(12)7-13/h5-6,8,10H,2-4,7,9H2,1H3. The van der Waals surface area contributed by atoms with Gasteiger partial charge in [0.15, 0.2) is 0 Å². The Labute approximate surface area is 96.3 Å². The maximum absolute atomic E-state index is 5.91. The number of anilines is 1. The predicted molar refractivity (Wildman–Crippen MR) is 64.4 cm³/mol. The summed E-state index contributed by atoms with van der Waals surface area (Å²) in [6.07, 6.45) is 7.87. The molecule has 0 amide bonds. The van der Waals surface area contributed by atoms with E-state index in [-0.39, 0.29) is 0 Å². The van der Waals surface area contributed by atoms with Crippen LogP contribution in [0.15, 0.2) is 18.5 Å². The van der Waals surface area contributed by atoms with Crippen LogP contribution in [-0.2, 0) is 5.88 Å². The third-order valence-corrected chi connectivity index (χ3v) is 3.49. The normalized spacial score (nSPS) is 16.1. The van der Waals surface area contributed by atoms with Gasteiger partial charge in [-0.15, -0.1) is 11.6 Å². The Morgan fingerprint density at radius 1 is 1.53 bits per heavy atom. The molecule has 1 saturated carbocycles. The molecule has 82 valence electrons. The first-order valence-corrected chi connectivity index (χ1v) is 6.04. The monoisotopic (exact) mass is 224 g/mol. The third-order valence-electron chi connectivity index (χ3n) is 3.20. The van der Waals surface area contributed by atoms with Gasteiger partial charge in [0.05, 0.1) is 11.9 Å². The molecule has 2 rings (SSSR count). The summed E-state index contributed by atoms with van der Waals surface area (Å²) in [4.78, 5) is 6.45. The van der Waals surface area contributed by atoms with Gasteiger partial charge in [0, 0.05) is 25.7 Å². The topological polar surface area (TPSA) is 16.1 Å².